The molecule has 2 aromatic rings. The fourth-order valence-corrected chi connectivity index (χ4v) is 4.05. The number of hydrogen-bond acceptors (Lipinski definition) is 5. The number of carboxylic acid groups (broad SMARTS) is 1. The summed E-state index contributed by atoms with van der Waals surface area (Å²) >= 11 is 0. The SMILES string of the molecule is C=CCOc1c(C)c(C)c2c(c1C)CCC(C)(COc1ccc(C=CC(=O)O)cc1OC)O2. The van der Waals surface area contributed by atoms with Crippen molar-refractivity contribution in [1.29, 1.82) is 0 Å². The van der Waals surface area contributed by atoms with Crippen LogP contribution < -0.4 is 18.9 Å². The summed E-state index contributed by atoms with van der Waals surface area (Å²) < 4.78 is 24.0. The van der Waals surface area contributed by atoms with Gasteiger partial charge in [0.1, 0.15) is 30.3 Å². The Labute approximate surface area is 195 Å². The Bertz CT molecular complexity index is 1080. The van der Waals surface area contributed by atoms with E-state index in [2.05, 4.69) is 34.3 Å². The highest BCUT2D eigenvalue weighted by atomic mass is 16.6. The molecular weight excluding hydrogens is 420 g/mol. The molecule has 0 spiro atoms. The minimum Gasteiger partial charge on any atom is -0.493 e. The van der Waals surface area contributed by atoms with Crippen molar-refractivity contribution in [3.8, 4) is 23.0 Å². The van der Waals surface area contributed by atoms with E-state index in [1.54, 1.807) is 31.4 Å². The fourth-order valence-electron chi connectivity index (χ4n) is 4.05. The summed E-state index contributed by atoms with van der Waals surface area (Å²) in [7, 11) is 1.56. The molecule has 1 aliphatic heterocycles. The van der Waals surface area contributed by atoms with E-state index >= 15 is 0 Å². The van der Waals surface area contributed by atoms with Crippen LogP contribution in [0.15, 0.2) is 36.9 Å². The van der Waals surface area contributed by atoms with Crippen LogP contribution in [0, 0.1) is 20.8 Å². The Morgan fingerprint density at radius 1 is 1.18 bits per heavy atom. The number of aliphatic carboxylic acids is 1. The van der Waals surface area contributed by atoms with Crippen LogP contribution >= 0.6 is 0 Å². The molecule has 176 valence electrons. The Kier molecular flexibility index (Phi) is 7.36. The summed E-state index contributed by atoms with van der Waals surface area (Å²) in [6.45, 7) is 12.8. The van der Waals surface area contributed by atoms with Crippen molar-refractivity contribution in [3.63, 3.8) is 0 Å². The largest absolute Gasteiger partial charge is 0.493 e. The standard InChI is InChI=1S/C27H32O6/c1-7-14-31-25-17(2)18(3)26-21(19(25)4)12-13-27(5,33-26)16-32-22-10-8-20(9-11-24(28)29)15-23(22)30-6/h7-11,15H,1,12-14,16H2,2-6H3,(H,28,29). The van der Waals surface area contributed by atoms with Gasteiger partial charge in [-0.25, -0.2) is 4.79 Å². The summed E-state index contributed by atoms with van der Waals surface area (Å²) in [4.78, 5) is 10.8. The molecule has 0 aromatic heterocycles. The third-order valence-corrected chi connectivity index (χ3v) is 6.05. The monoisotopic (exact) mass is 452 g/mol. The summed E-state index contributed by atoms with van der Waals surface area (Å²) in [6.07, 6.45) is 6.01. The van der Waals surface area contributed by atoms with Crippen LogP contribution in [0.25, 0.3) is 6.08 Å². The second-order valence-electron chi connectivity index (χ2n) is 8.53. The number of carbonyl (C=O) groups is 1. The molecule has 6 heteroatoms. The molecule has 1 heterocycles. The molecule has 1 aliphatic rings. The highest BCUT2D eigenvalue weighted by molar-refractivity contribution is 5.85. The molecule has 0 saturated heterocycles. The first-order valence-electron chi connectivity index (χ1n) is 11.0. The van der Waals surface area contributed by atoms with Crippen molar-refractivity contribution in [2.45, 2.75) is 46.1 Å². The van der Waals surface area contributed by atoms with Gasteiger partial charge in [-0.05, 0) is 81.0 Å². The molecule has 0 amide bonds. The number of carboxylic acids is 1. The van der Waals surface area contributed by atoms with Gasteiger partial charge in [0.2, 0.25) is 0 Å². The zero-order valence-corrected chi connectivity index (χ0v) is 20.0. The number of rotatable bonds is 9. The van der Waals surface area contributed by atoms with E-state index in [1.165, 1.54) is 11.6 Å². The van der Waals surface area contributed by atoms with E-state index < -0.39 is 11.6 Å². The van der Waals surface area contributed by atoms with Crippen molar-refractivity contribution in [1.82, 2.24) is 0 Å². The topological polar surface area (TPSA) is 74.2 Å². The fraction of sp³-hybridized carbons (Fsp3) is 0.370. The predicted molar refractivity (Wildman–Crippen MR) is 129 cm³/mol. The Hall–Kier alpha value is -3.41. The lowest BCUT2D eigenvalue weighted by Crippen LogP contribution is -2.42. The van der Waals surface area contributed by atoms with Crippen LogP contribution in [0.3, 0.4) is 0 Å². The van der Waals surface area contributed by atoms with Crippen LogP contribution in [-0.2, 0) is 11.2 Å². The number of methoxy groups -OCH3 is 1. The van der Waals surface area contributed by atoms with Crippen molar-refractivity contribution < 1.29 is 28.8 Å². The van der Waals surface area contributed by atoms with E-state index in [0.29, 0.717) is 30.3 Å². The van der Waals surface area contributed by atoms with E-state index in [4.69, 9.17) is 24.1 Å². The summed E-state index contributed by atoms with van der Waals surface area (Å²) in [6, 6.07) is 5.32. The van der Waals surface area contributed by atoms with E-state index in [-0.39, 0.29) is 0 Å². The molecule has 1 unspecified atom stereocenters. The predicted octanol–water partition coefficient (Wildman–Crippen LogP) is 5.45. The van der Waals surface area contributed by atoms with E-state index in [9.17, 15) is 4.79 Å². The van der Waals surface area contributed by atoms with Gasteiger partial charge < -0.3 is 24.1 Å². The normalized spacial score (nSPS) is 17.2. The highest BCUT2D eigenvalue weighted by Gasteiger charge is 2.36. The van der Waals surface area contributed by atoms with Gasteiger partial charge in [-0.15, -0.1) is 0 Å². The summed E-state index contributed by atoms with van der Waals surface area (Å²) in [5.41, 5.74) is 4.66. The van der Waals surface area contributed by atoms with Gasteiger partial charge in [-0.1, -0.05) is 18.7 Å². The molecule has 1 atom stereocenters. The average Bonchev–Trinajstić information content (AvgIpc) is 2.80. The smallest absolute Gasteiger partial charge is 0.328 e. The first kappa shape index (κ1) is 24.2. The number of fused-ring (bicyclic) bond motifs is 1. The maximum absolute atomic E-state index is 10.8. The molecule has 2 aromatic carbocycles. The first-order valence-corrected chi connectivity index (χ1v) is 11.0. The highest BCUT2D eigenvalue weighted by Crippen LogP contribution is 2.44. The van der Waals surface area contributed by atoms with Crippen LogP contribution in [0.5, 0.6) is 23.0 Å². The van der Waals surface area contributed by atoms with Crippen LogP contribution in [0.4, 0.5) is 0 Å². The van der Waals surface area contributed by atoms with Crippen molar-refractivity contribution >= 4 is 12.0 Å². The molecule has 0 bridgehead atoms. The summed E-state index contributed by atoms with van der Waals surface area (Å²) in [5.74, 6) is 1.94. The van der Waals surface area contributed by atoms with Gasteiger partial charge in [-0.2, -0.15) is 0 Å². The molecule has 0 aliphatic carbocycles. The number of hydrogen-bond donors (Lipinski definition) is 1. The van der Waals surface area contributed by atoms with Gasteiger partial charge in [0.05, 0.1) is 7.11 Å². The zero-order chi connectivity index (χ0) is 24.2. The second kappa shape index (κ2) is 10.0. The molecule has 0 saturated carbocycles. The van der Waals surface area contributed by atoms with Gasteiger partial charge in [0.15, 0.2) is 11.5 Å². The maximum atomic E-state index is 10.8. The quantitative estimate of drug-likeness (QED) is 0.403. The molecular formula is C27H32O6. The molecule has 0 radical (unpaired) electrons. The Balaban J connectivity index is 1.80. The molecule has 33 heavy (non-hydrogen) atoms. The minimum absolute atomic E-state index is 0.347. The lowest BCUT2D eigenvalue weighted by molar-refractivity contribution is -0.131. The Morgan fingerprint density at radius 3 is 2.61 bits per heavy atom. The minimum atomic E-state index is -1.00. The third kappa shape index (κ3) is 5.33. The van der Waals surface area contributed by atoms with Gasteiger partial charge >= 0.3 is 5.97 Å². The van der Waals surface area contributed by atoms with Crippen molar-refractivity contribution in [3.05, 3.63) is 64.7 Å². The van der Waals surface area contributed by atoms with E-state index in [0.717, 1.165) is 47.1 Å². The van der Waals surface area contributed by atoms with Crippen LogP contribution in [-0.4, -0.2) is 37.0 Å². The summed E-state index contributed by atoms with van der Waals surface area (Å²) in [5, 5.41) is 8.82. The maximum Gasteiger partial charge on any atom is 0.328 e. The number of benzene rings is 2. The molecule has 1 N–H and O–H groups in total. The molecule has 6 nitrogen and oxygen atoms in total. The molecule has 3 rings (SSSR count). The lowest BCUT2D eigenvalue weighted by Gasteiger charge is -2.38. The molecule has 0 fully saturated rings. The Morgan fingerprint density at radius 2 is 1.94 bits per heavy atom. The average molecular weight is 453 g/mol. The van der Waals surface area contributed by atoms with Crippen molar-refractivity contribution in [2.75, 3.05) is 20.3 Å². The zero-order valence-electron chi connectivity index (χ0n) is 20.0. The van der Waals surface area contributed by atoms with Gasteiger partial charge in [0, 0.05) is 11.6 Å². The lowest BCUT2D eigenvalue weighted by atomic mass is 9.87. The first-order chi connectivity index (χ1) is 15.7. The van der Waals surface area contributed by atoms with Crippen LogP contribution in [0.2, 0.25) is 0 Å². The van der Waals surface area contributed by atoms with Crippen molar-refractivity contribution in [2.24, 2.45) is 0 Å². The third-order valence-electron chi connectivity index (χ3n) is 6.05. The van der Waals surface area contributed by atoms with Gasteiger partial charge in [0.25, 0.3) is 0 Å². The van der Waals surface area contributed by atoms with Gasteiger partial charge in [-0.3, -0.25) is 0 Å². The van der Waals surface area contributed by atoms with E-state index in [1.807, 2.05) is 0 Å². The second-order valence-corrected chi connectivity index (χ2v) is 8.53. The number of ether oxygens (including phenoxy) is 4. The van der Waals surface area contributed by atoms with Crippen LogP contribution in [0.1, 0.15) is 41.2 Å².